The number of sulfonamides is 1. The third kappa shape index (κ3) is 3.92. The number of aromatic nitrogens is 1. The van der Waals surface area contributed by atoms with Crippen molar-refractivity contribution in [1.82, 2.24) is 14.2 Å². The van der Waals surface area contributed by atoms with Crippen LogP contribution in [-0.4, -0.2) is 48.1 Å². The van der Waals surface area contributed by atoms with Gasteiger partial charge in [0.1, 0.15) is 0 Å². The van der Waals surface area contributed by atoms with Crippen LogP contribution in [0.1, 0.15) is 48.8 Å². The first-order valence-corrected chi connectivity index (χ1v) is 11.0. The van der Waals surface area contributed by atoms with Crippen LogP contribution in [0.2, 0.25) is 5.02 Å². The van der Waals surface area contributed by atoms with Crippen LogP contribution in [0.25, 0.3) is 0 Å². The van der Waals surface area contributed by atoms with Gasteiger partial charge in [0.05, 0.1) is 27.2 Å². The average molecular weight is 422 g/mol. The van der Waals surface area contributed by atoms with Gasteiger partial charge in [0, 0.05) is 25.8 Å². The van der Waals surface area contributed by atoms with E-state index < -0.39 is 10.0 Å². The van der Waals surface area contributed by atoms with Gasteiger partial charge in [-0.3, -0.25) is 9.78 Å². The Balaban J connectivity index is 1.96. The average Bonchev–Trinajstić information content (AvgIpc) is 3.17. The molecular formula is C20H24ClN3O3S. The topological polar surface area (TPSA) is 70.6 Å². The lowest BCUT2D eigenvalue weighted by Gasteiger charge is -2.25. The number of carbonyl (C=O) groups excluding carboxylic acids is 1. The minimum atomic E-state index is -3.71. The molecule has 1 aliphatic rings. The standard InChI is InChI=1S/C20H24ClN3O3S/c1-14(2)23(3)28(26,27)15-9-10-17(21)16(13-15)20(25)24-12-6-8-19(24)18-7-4-5-11-22-18/h4-5,7,9-11,13-14,19H,6,8,12H2,1-3H3. The molecule has 6 nitrogen and oxygen atoms in total. The molecule has 28 heavy (non-hydrogen) atoms. The van der Waals surface area contributed by atoms with Gasteiger partial charge in [-0.05, 0) is 57.0 Å². The zero-order chi connectivity index (χ0) is 20.5. The van der Waals surface area contributed by atoms with E-state index in [0.29, 0.717) is 6.54 Å². The normalized spacial score (nSPS) is 17.5. The lowest BCUT2D eigenvalue weighted by Crippen LogP contribution is -2.34. The van der Waals surface area contributed by atoms with Crippen LogP contribution in [0.3, 0.4) is 0 Å². The molecule has 0 bridgehead atoms. The summed E-state index contributed by atoms with van der Waals surface area (Å²) in [4.78, 5) is 19.4. The van der Waals surface area contributed by atoms with E-state index in [2.05, 4.69) is 4.98 Å². The molecule has 1 saturated heterocycles. The number of hydrogen-bond donors (Lipinski definition) is 0. The Morgan fingerprint density at radius 1 is 1.29 bits per heavy atom. The first-order valence-electron chi connectivity index (χ1n) is 9.23. The Hall–Kier alpha value is -1.96. The van der Waals surface area contributed by atoms with Gasteiger partial charge in [0.15, 0.2) is 0 Å². The van der Waals surface area contributed by atoms with Gasteiger partial charge >= 0.3 is 0 Å². The van der Waals surface area contributed by atoms with E-state index in [0.717, 1.165) is 18.5 Å². The Morgan fingerprint density at radius 3 is 2.68 bits per heavy atom. The van der Waals surface area contributed by atoms with Crippen molar-refractivity contribution in [2.45, 2.75) is 43.7 Å². The second-order valence-electron chi connectivity index (χ2n) is 7.17. The Kier molecular flexibility index (Phi) is 6.07. The number of likely N-dealkylation sites (tertiary alicyclic amines) is 1. The van der Waals surface area contributed by atoms with Gasteiger partial charge in [0.25, 0.3) is 5.91 Å². The molecule has 8 heteroatoms. The van der Waals surface area contributed by atoms with Crippen molar-refractivity contribution in [3.05, 3.63) is 58.9 Å². The molecule has 1 fully saturated rings. The molecule has 1 aromatic carbocycles. The van der Waals surface area contributed by atoms with Crippen LogP contribution in [0.15, 0.2) is 47.5 Å². The summed E-state index contributed by atoms with van der Waals surface area (Å²) in [5.41, 5.74) is 1.02. The lowest BCUT2D eigenvalue weighted by atomic mass is 10.1. The van der Waals surface area contributed by atoms with Gasteiger partial charge in [-0.1, -0.05) is 17.7 Å². The number of pyridine rings is 1. The van der Waals surface area contributed by atoms with Gasteiger partial charge in [-0.25, -0.2) is 8.42 Å². The van der Waals surface area contributed by atoms with Crippen LogP contribution in [0, 0.1) is 0 Å². The van der Waals surface area contributed by atoms with Gasteiger partial charge < -0.3 is 4.90 Å². The van der Waals surface area contributed by atoms with Crippen LogP contribution >= 0.6 is 11.6 Å². The number of carbonyl (C=O) groups is 1. The maximum atomic E-state index is 13.2. The summed E-state index contributed by atoms with van der Waals surface area (Å²) >= 11 is 6.28. The molecule has 0 radical (unpaired) electrons. The van der Waals surface area contributed by atoms with Crippen molar-refractivity contribution < 1.29 is 13.2 Å². The number of nitrogens with zero attached hydrogens (tertiary/aromatic N) is 3. The van der Waals surface area contributed by atoms with Crippen molar-refractivity contribution in [3.63, 3.8) is 0 Å². The molecule has 1 atom stereocenters. The van der Waals surface area contributed by atoms with Gasteiger partial charge in [-0.2, -0.15) is 4.31 Å². The van der Waals surface area contributed by atoms with Crippen LogP contribution < -0.4 is 0 Å². The van der Waals surface area contributed by atoms with Crippen molar-refractivity contribution >= 4 is 27.5 Å². The number of halogens is 1. The number of rotatable bonds is 5. The molecule has 150 valence electrons. The summed E-state index contributed by atoms with van der Waals surface area (Å²) in [5, 5.41) is 0.239. The molecule has 1 aromatic heterocycles. The lowest BCUT2D eigenvalue weighted by molar-refractivity contribution is 0.0733. The predicted octanol–water partition coefficient (Wildman–Crippen LogP) is 3.74. The molecule has 0 spiro atoms. The van der Waals surface area contributed by atoms with Crippen LogP contribution in [0.5, 0.6) is 0 Å². The van der Waals surface area contributed by atoms with Gasteiger partial charge in [-0.15, -0.1) is 0 Å². The number of benzene rings is 1. The highest BCUT2D eigenvalue weighted by Crippen LogP contribution is 2.34. The second-order valence-corrected chi connectivity index (χ2v) is 9.57. The predicted molar refractivity (Wildman–Crippen MR) is 109 cm³/mol. The van der Waals surface area contributed by atoms with Crippen molar-refractivity contribution in [3.8, 4) is 0 Å². The Labute approximate surface area is 171 Å². The van der Waals surface area contributed by atoms with E-state index >= 15 is 0 Å². The molecule has 1 amide bonds. The van der Waals surface area contributed by atoms with Crippen molar-refractivity contribution in [2.75, 3.05) is 13.6 Å². The first-order chi connectivity index (χ1) is 13.2. The molecule has 2 aromatic rings. The molecule has 1 aliphatic heterocycles. The smallest absolute Gasteiger partial charge is 0.255 e. The third-order valence-corrected chi connectivity index (χ3v) is 7.47. The fraction of sp³-hybridized carbons (Fsp3) is 0.400. The number of amides is 1. The molecule has 3 rings (SSSR count). The maximum Gasteiger partial charge on any atom is 0.255 e. The van der Waals surface area contributed by atoms with Crippen molar-refractivity contribution in [2.24, 2.45) is 0 Å². The van der Waals surface area contributed by atoms with E-state index in [-0.39, 0.29) is 33.5 Å². The Bertz CT molecular complexity index is 964. The highest BCUT2D eigenvalue weighted by molar-refractivity contribution is 7.89. The molecule has 0 N–H and O–H groups in total. The summed E-state index contributed by atoms with van der Waals surface area (Å²) in [6, 6.07) is 9.58. The minimum absolute atomic E-state index is 0.0602. The summed E-state index contributed by atoms with van der Waals surface area (Å²) in [7, 11) is -2.19. The van der Waals surface area contributed by atoms with E-state index in [4.69, 9.17) is 11.6 Å². The second kappa shape index (κ2) is 8.19. The highest BCUT2D eigenvalue weighted by Gasteiger charge is 2.33. The van der Waals surface area contributed by atoms with E-state index in [9.17, 15) is 13.2 Å². The third-order valence-electron chi connectivity index (χ3n) is 5.12. The SMILES string of the molecule is CC(C)N(C)S(=O)(=O)c1ccc(Cl)c(C(=O)N2CCCC2c2ccccn2)c1. The highest BCUT2D eigenvalue weighted by atomic mass is 35.5. The van der Waals surface area contributed by atoms with E-state index in [1.54, 1.807) is 24.9 Å². The number of hydrogen-bond acceptors (Lipinski definition) is 4. The summed E-state index contributed by atoms with van der Waals surface area (Å²) in [6.45, 7) is 4.17. The van der Waals surface area contributed by atoms with E-state index in [1.165, 1.54) is 29.6 Å². The quantitative estimate of drug-likeness (QED) is 0.737. The zero-order valence-electron chi connectivity index (χ0n) is 16.2. The largest absolute Gasteiger partial charge is 0.330 e. The Morgan fingerprint density at radius 2 is 2.04 bits per heavy atom. The summed E-state index contributed by atoms with van der Waals surface area (Å²) < 4.78 is 26.9. The molecule has 2 heterocycles. The first kappa shape index (κ1) is 20.8. The fourth-order valence-electron chi connectivity index (χ4n) is 3.32. The minimum Gasteiger partial charge on any atom is -0.330 e. The zero-order valence-corrected chi connectivity index (χ0v) is 17.7. The maximum absolute atomic E-state index is 13.2. The fourth-order valence-corrected chi connectivity index (χ4v) is 4.91. The molecular weight excluding hydrogens is 398 g/mol. The summed E-state index contributed by atoms with van der Waals surface area (Å²) in [6.07, 6.45) is 3.38. The monoisotopic (exact) mass is 421 g/mol. The van der Waals surface area contributed by atoms with E-state index in [1.807, 2.05) is 18.2 Å². The summed E-state index contributed by atoms with van der Waals surface area (Å²) in [5.74, 6) is -0.276. The molecule has 1 unspecified atom stereocenters. The van der Waals surface area contributed by atoms with Crippen LogP contribution in [-0.2, 0) is 10.0 Å². The van der Waals surface area contributed by atoms with Crippen molar-refractivity contribution in [1.29, 1.82) is 0 Å². The molecule has 0 saturated carbocycles. The molecule has 0 aliphatic carbocycles. The van der Waals surface area contributed by atoms with Gasteiger partial charge in [0.2, 0.25) is 10.0 Å². The van der Waals surface area contributed by atoms with Crippen LogP contribution in [0.4, 0.5) is 0 Å².